The standard InChI is InChI=1S/C18H23N3O3/c22-17(20-24)8-2-1-3-9-18(23)21-11-10-16-14(12-21)13-6-4-5-7-15(13)19-16/h4-7,19,24H,1-3,8-12H2,(H,20,22). The number of benzene rings is 1. The highest BCUT2D eigenvalue weighted by Crippen LogP contribution is 2.27. The predicted octanol–water partition coefficient (Wildman–Crippen LogP) is 2.51. The first-order chi connectivity index (χ1) is 11.7. The van der Waals surface area contributed by atoms with Crippen molar-refractivity contribution in [3.8, 4) is 0 Å². The molecule has 1 aliphatic heterocycles. The molecular weight excluding hydrogens is 306 g/mol. The second-order valence-electron chi connectivity index (χ2n) is 6.29. The summed E-state index contributed by atoms with van der Waals surface area (Å²) in [5.41, 5.74) is 5.24. The van der Waals surface area contributed by atoms with Gasteiger partial charge in [-0.1, -0.05) is 24.6 Å². The fraction of sp³-hybridized carbons (Fsp3) is 0.444. The first-order valence-electron chi connectivity index (χ1n) is 8.48. The molecule has 1 aliphatic rings. The molecule has 0 unspecified atom stereocenters. The lowest BCUT2D eigenvalue weighted by molar-refractivity contribution is -0.132. The van der Waals surface area contributed by atoms with Crippen molar-refractivity contribution >= 4 is 22.7 Å². The molecule has 3 rings (SSSR count). The monoisotopic (exact) mass is 329 g/mol. The van der Waals surface area contributed by atoms with Crippen LogP contribution in [-0.4, -0.2) is 33.5 Å². The van der Waals surface area contributed by atoms with Gasteiger partial charge in [-0.3, -0.25) is 14.8 Å². The Morgan fingerprint density at radius 1 is 1.17 bits per heavy atom. The lowest BCUT2D eigenvalue weighted by atomic mass is 10.0. The van der Waals surface area contributed by atoms with Gasteiger partial charge in [-0.2, -0.15) is 0 Å². The third kappa shape index (κ3) is 3.59. The summed E-state index contributed by atoms with van der Waals surface area (Å²) in [7, 11) is 0. The van der Waals surface area contributed by atoms with Crippen molar-refractivity contribution in [1.29, 1.82) is 0 Å². The molecule has 0 atom stereocenters. The Hall–Kier alpha value is -2.34. The van der Waals surface area contributed by atoms with E-state index in [1.807, 2.05) is 17.0 Å². The van der Waals surface area contributed by atoms with E-state index in [1.165, 1.54) is 16.6 Å². The highest BCUT2D eigenvalue weighted by atomic mass is 16.5. The van der Waals surface area contributed by atoms with Gasteiger partial charge >= 0.3 is 0 Å². The molecule has 2 aromatic rings. The number of amides is 2. The second-order valence-corrected chi connectivity index (χ2v) is 6.29. The Bertz CT molecular complexity index is 738. The number of carbonyl (C=O) groups excluding carboxylic acids is 2. The van der Waals surface area contributed by atoms with E-state index in [-0.39, 0.29) is 11.8 Å². The van der Waals surface area contributed by atoms with E-state index in [2.05, 4.69) is 17.1 Å². The number of H-pyrrole nitrogens is 1. The number of aromatic nitrogens is 1. The zero-order chi connectivity index (χ0) is 16.9. The highest BCUT2D eigenvalue weighted by Gasteiger charge is 2.23. The third-order valence-corrected chi connectivity index (χ3v) is 4.65. The molecular formula is C18H23N3O3. The van der Waals surface area contributed by atoms with Gasteiger partial charge in [0.25, 0.3) is 0 Å². The fourth-order valence-corrected chi connectivity index (χ4v) is 3.33. The van der Waals surface area contributed by atoms with Gasteiger partial charge in [-0.15, -0.1) is 0 Å². The quantitative estimate of drug-likeness (QED) is 0.432. The highest BCUT2D eigenvalue weighted by molar-refractivity contribution is 5.86. The molecule has 0 bridgehead atoms. The van der Waals surface area contributed by atoms with Gasteiger partial charge in [0.1, 0.15) is 0 Å². The summed E-state index contributed by atoms with van der Waals surface area (Å²) >= 11 is 0. The van der Waals surface area contributed by atoms with E-state index in [9.17, 15) is 9.59 Å². The van der Waals surface area contributed by atoms with Gasteiger partial charge in [-0.25, -0.2) is 5.48 Å². The van der Waals surface area contributed by atoms with Crippen LogP contribution < -0.4 is 5.48 Å². The zero-order valence-corrected chi connectivity index (χ0v) is 13.7. The van der Waals surface area contributed by atoms with Gasteiger partial charge in [0.05, 0.1) is 0 Å². The second kappa shape index (κ2) is 7.49. The molecule has 2 amide bonds. The molecule has 0 spiro atoms. The van der Waals surface area contributed by atoms with Crippen LogP contribution in [0.25, 0.3) is 10.9 Å². The summed E-state index contributed by atoms with van der Waals surface area (Å²) in [4.78, 5) is 28.7. The molecule has 6 nitrogen and oxygen atoms in total. The summed E-state index contributed by atoms with van der Waals surface area (Å²) in [5, 5.41) is 9.63. The van der Waals surface area contributed by atoms with Crippen LogP contribution in [0.2, 0.25) is 0 Å². The first kappa shape index (κ1) is 16.5. The normalized spacial score (nSPS) is 13.8. The molecule has 1 aromatic heterocycles. The van der Waals surface area contributed by atoms with E-state index in [0.29, 0.717) is 25.8 Å². The van der Waals surface area contributed by atoms with Crippen molar-refractivity contribution in [3.63, 3.8) is 0 Å². The molecule has 3 N–H and O–H groups in total. The van der Waals surface area contributed by atoms with Crippen molar-refractivity contribution in [2.45, 2.75) is 45.1 Å². The third-order valence-electron chi connectivity index (χ3n) is 4.65. The number of carbonyl (C=O) groups is 2. The van der Waals surface area contributed by atoms with E-state index < -0.39 is 0 Å². The molecule has 0 fully saturated rings. The number of aromatic amines is 1. The molecule has 6 heteroatoms. The van der Waals surface area contributed by atoms with Gasteiger partial charge in [0.15, 0.2) is 0 Å². The molecule has 24 heavy (non-hydrogen) atoms. The van der Waals surface area contributed by atoms with E-state index in [1.54, 1.807) is 5.48 Å². The summed E-state index contributed by atoms with van der Waals surface area (Å²) < 4.78 is 0. The number of hydrogen-bond acceptors (Lipinski definition) is 3. The molecule has 0 aliphatic carbocycles. The van der Waals surface area contributed by atoms with Crippen molar-refractivity contribution in [3.05, 3.63) is 35.5 Å². The SMILES string of the molecule is O=C(CCCCCC(=O)N1CCc2[nH]c3ccccc3c2C1)NO. The van der Waals surface area contributed by atoms with Crippen molar-refractivity contribution in [2.75, 3.05) is 6.54 Å². The Kier molecular flexibility index (Phi) is 5.15. The van der Waals surface area contributed by atoms with Crippen molar-refractivity contribution in [2.24, 2.45) is 0 Å². The molecule has 0 saturated heterocycles. The Morgan fingerprint density at radius 3 is 2.79 bits per heavy atom. The minimum absolute atomic E-state index is 0.178. The fourth-order valence-electron chi connectivity index (χ4n) is 3.33. The van der Waals surface area contributed by atoms with Gasteiger partial charge in [0, 0.05) is 54.5 Å². The lowest BCUT2D eigenvalue weighted by Crippen LogP contribution is -2.35. The molecule has 1 aromatic carbocycles. The van der Waals surface area contributed by atoms with Crippen LogP contribution in [0.1, 0.15) is 43.4 Å². The van der Waals surface area contributed by atoms with Crippen LogP contribution >= 0.6 is 0 Å². The minimum Gasteiger partial charge on any atom is -0.358 e. The number of fused-ring (bicyclic) bond motifs is 3. The Labute approximate surface area is 140 Å². The van der Waals surface area contributed by atoms with E-state index >= 15 is 0 Å². The Morgan fingerprint density at radius 2 is 1.96 bits per heavy atom. The topological polar surface area (TPSA) is 85.4 Å². The van der Waals surface area contributed by atoms with E-state index in [0.717, 1.165) is 31.3 Å². The first-order valence-corrected chi connectivity index (χ1v) is 8.48. The smallest absolute Gasteiger partial charge is 0.243 e. The number of unbranched alkanes of at least 4 members (excludes halogenated alkanes) is 2. The minimum atomic E-state index is -0.371. The van der Waals surface area contributed by atoms with Crippen LogP contribution in [0.3, 0.4) is 0 Å². The number of nitrogens with one attached hydrogen (secondary N) is 2. The number of hydroxylamine groups is 1. The number of nitrogens with zero attached hydrogens (tertiary/aromatic N) is 1. The maximum atomic E-state index is 12.4. The molecule has 128 valence electrons. The van der Waals surface area contributed by atoms with Gasteiger partial charge < -0.3 is 9.88 Å². The Balaban J connectivity index is 1.51. The number of rotatable bonds is 6. The maximum absolute atomic E-state index is 12.4. The summed E-state index contributed by atoms with van der Waals surface area (Å²) in [6.45, 7) is 1.43. The van der Waals surface area contributed by atoms with E-state index in [4.69, 9.17) is 5.21 Å². The average molecular weight is 329 g/mol. The largest absolute Gasteiger partial charge is 0.358 e. The van der Waals surface area contributed by atoms with Crippen molar-refractivity contribution < 1.29 is 14.8 Å². The summed E-state index contributed by atoms with van der Waals surface area (Å²) in [6, 6.07) is 8.22. The zero-order valence-electron chi connectivity index (χ0n) is 13.7. The predicted molar refractivity (Wildman–Crippen MR) is 90.4 cm³/mol. The van der Waals surface area contributed by atoms with Crippen LogP contribution in [0.4, 0.5) is 0 Å². The lowest BCUT2D eigenvalue weighted by Gasteiger charge is -2.27. The molecule has 0 saturated carbocycles. The summed E-state index contributed by atoms with van der Waals surface area (Å²) in [6.07, 6.45) is 3.95. The van der Waals surface area contributed by atoms with Gasteiger partial charge in [0.2, 0.25) is 11.8 Å². The van der Waals surface area contributed by atoms with Crippen molar-refractivity contribution in [1.82, 2.24) is 15.4 Å². The maximum Gasteiger partial charge on any atom is 0.243 e. The summed E-state index contributed by atoms with van der Waals surface area (Å²) in [5.74, 6) is -0.193. The number of hydrogen-bond donors (Lipinski definition) is 3. The van der Waals surface area contributed by atoms with Gasteiger partial charge in [-0.05, 0) is 18.9 Å². The van der Waals surface area contributed by atoms with Crippen LogP contribution in [0, 0.1) is 0 Å². The average Bonchev–Trinajstić information content (AvgIpc) is 2.98. The number of para-hydroxylation sites is 1. The van der Waals surface area contributed by atoms with Crippen LogP contribution in [0.5, 0.6) is 0 Å². The van der Waals surface area contributed by atoms with Crippen LogP contribution in [-0.2, 0) is 22.6 Å². The molecule has 0 radical (unpaired) electrons. The molecule has 2 heterocycles. The van der Waals surface area contributed by atoms with Crippen LogP contribution in [0.15, 0.2) is 24.3 Å².